The summed E-state index contributed by atoms with van der Waals surface area (Å²) in [4.78, 5) is 0. The first kappa shape index (κ1) is 45.1. The molecule has 0 unspecified atom stereocenters. The fraction of sp³-hybridized carbons (Fsp3) is 0.0857. The van der Waals surface area contributed by atoms with Crippen molar-refractivity contribution < 1.29 is 28.4 Å². The number of rotatable bonds is 13. The van der Waals surface area contributed by atoms with Gasteiger partial charge >= 0.3 is 0 Å². The van der Waals surface area contributed by atoms with Gasteiger partial charge in [-0.1, -0.05) is 170 Å². The summed E-state index contributed by atoms with van der Waals surface area (Å²) >= 11 is 0. The van der Waals surface area contributed by atoms with Crippen molar-refractivity contribution in [1.29, 1.82) is 0 Å². The van der Waals surface area contributed by atoms with Crippen molar-refractivity contribution in [2.45, 2.75) is 38.3 Å². The minimum absolute atomic E-state index is 0.210. The van der Waals surface area contributed by atoms with Crippen molar-refractivity contribution in [3.8, 4) is 46.0 Å². The SMILES string of the molecule is c1ccc2cc(COc3ccc4c(c3)Oc3cc(OCc5ccc6ccccc6c5)ccc3C4C3c4ccc(OCc5ccc6ccccc6c5)cc4Oc4cc(OCc5ccc6ccccc6c5)ccc43)ccc2c1. The number of benzene rings is 12. The molecule has 6 nitrogen and oxygen atoms in total. The van der Waals surface area contributed by atoms with E-state index in [1.807, 2.05) is 24.3 Å². The van der Waals surface area contributed by atoms with Gasteiger partial charge in [0, 0.05) is 58.4 Å². The van der Waals surface area contributed by atoms with Crippen LogP contribution < -0.4 is 28.4 Å². The lowest BCUT2D eigenvalue weighted by Crippen LogP contribution is -2.22. The first-order chi connectivity index (χ1) is 37.6. The molecule has 12 aromatic rings. The Morgan fingerprint density at radius 2 is 0.474 bits per heavy atom. The van der Waals surface area contributed by atoms with Crippen molar-refractivity contribution in [3.63, 3.8) is 0 Å². The first-order valence-electron chi connectivity index (χ1n) is 25.9. The molecule has 366 valence electrons. The van der Waals surface area contributed by atoms with Gasteiger partial charge in [0.05, 0.1) is 0 Å². The molecular weight excluding hydrogens is 937 g/mol. The molecule has 2 heterocycles. The summed E-state index contributed by atoms with van der Waals surface area (Å²) in [5.74, 6) is 5.33. The Bertz CT molecular complexity index is 3640. The summed E-state index contributed by atoms with van der Waals surface area (Å²) in [5, 5.41) is 9.52. The van der Waals surface area contributed by atoms with Gasteiger partial charge in [-0.15, -0.1) is 0 Å². The van der Waals surface area contributed by atoms with Crippen LogP contribution in [0.4, 0.5) is 0 Å². The van der Waals surface area contributed by atoms with Crippen LogP contribution in [0.15, 0.2) is 243 Å². The van der Waals surface area contributed by atoms with Gasteiger partial charge < -0.3 is 28.4 Å². The molecule has 14 rings (SSSR count). The summed E-state index contributed by atoms with van der Waals surface area (Å²) in [7, 11) is 0. The van der Waals surface area contributed by atoms with Gasteiger partial charge in [0.15, 0.2) is 0 Å². The maximum Gasteiger partial charge on any atom is 0.134 e. The van der Waals surface area contributed by atoms with E-state index in [1.165, 1.54) is 43.1 Å². The van der Waals surface area contributed by atoms with Crippen LogP contribution >= 0.6 is 0 Å². The molecule has 76 heavy (non-hydrogen) atoms. The highest BCUT2D eigenvalue weighted by molar-refractivity contribution is 5.85. The molecule has 2 aliphatic heterocycles. The van der Waals surface area contributed by atoms with E-state index in [4.69, 9.17) is 28.4 Å². The standard InChI is InChI=1S/C70H50O6/c1-5-13-53-33-45(17-21-49(53)9-1)41-71-57-25-29-61-65(37-57)75-66-38-58(72-42-46-18-22-50-10-2-6-14-54(50)34-46)26-30-62(66)69(61)70-63-31-27-59(73-43-47-19-23-51-11-3-7-15-55(51)35-47)39-67(63)76-68-40-60(28-32-64(68)70)74-44-48-20-24-52-12-4-8-16-56(52)36-48/h1-40,69-70H,41-44H2. The van der Waals surface area contributed by atoms with Gasteiger partial charge in [-0.25, -0.2) is 0 Å². The number of hydrogen-bond acceptors (Lipinski definition) is 6. The summed E-state index contributed by atoms with van der Waals surface area (Å²) in [5.41, 5.74) is 8.49. The lowest BCUT2D eigenvalue weighted by molar-refractivity contribution is 0.300. The lowest BCUT2D eigenvalue weighted by atomic mass is 9.71. The minimum atomic E-state index is -0.210. The van der Waals surface area contributed by atoms with Crippen molar-refractivity contribution in [3.05, 3.63) is 287 Å². The molecule has 0 radical (unpaired) electrons. The molecule has 0 amide bonds. The molecule has 0 aliphatic carbocycles. The third kappa shape index (κ3) is 8.94. The van der Waals surface area contributed by atoms with Gasteiger partial charge in [0.25, 0.3) is 0 Å². The van der Waals surface area contributed by atoms with Crippen LogP contribution in [0.25, 0.3) is 43.1 Å². The van der Waals surface area contributed by atoms with Crippen molar-refractivity contribution in [2.24, 2.45) is 0 Å². The second-order valence-corrected chi connectivity index (χ2v) is 19.8. The molecule has 0 spiro atoms. The molecule has 0 aromatic heterocycles. The summed E-state index contributed by atoms with van der Waals surface area (Å²) < 4.78 is 40.2. The highest BCUT2D eigenvalue weighted by Gasteiger charge is 2.41. The van der Waals surface area contributed by atoms with Gasteiger partial charge in [-0.05, 0) is 114 Å². The minimum Gasteiger partial charge on any atom is -0.489 e. The van der Waals surface area contributed by atoms with E-state index in [1.54, 1.807) is 0 Å². The van der Waals surface area contributed by atoms with Crippen molar-refractivity contribution in [1.82, 2.24) is 0 Å². The Morgan fingerprint density at radius 1 is 0.237 bits per heavy atom. The molecule has 2 aliphatic rings. The zero-order valence-corrected chi connectivity index (χ0v) is 41.5. The van der Waals surface area contributed by atoms with E-state index in [2.05, 4.69) is 218 Å². The normalized spacial score (nSPS) is 12.8. The van der Waals surface area contributed by atoms with E-state index in [0.29, 0.717) is 49.4 Å². The zero-order chi connectivity index (χ0) is 50.4. The third-order valence-corrected chi connectivity index (χ3v) is 14.9. The Balaban J connectivity index is 0.833. The predicted molar refractivity (Wildman–Crippen MR) is 303 cm³/mol. The van der Waals surface area contributed by atoms with E-state index < -0.39 is 0 Å². The van der Waals surface area contributed by atoms with Crippen LogP contribution in [0.2, 0.25) is 0 Å². The Morgan fingerprint density at radius 3 is 0.724 bits per heavy atom. The maximum atomic E-state index is 6.98. The largest absolute Gasteiger partial charge is 0.489 e. The van der Waals surface area contributed by atoms with Crippen LogP contribution in [-0.2, 0) is 26.4 Å². The molecule has 0 atom stereocenters. The second-order valence-electron chi connectivity index (χ2n) is 19.8. The fourth-order valence-corrected chi connectivity index (χ4v) is 11.1. The van der Waals surface area contributed by atoms with E-state index in [9.17, 15) is 0 Å². The smallest absolute Gasteiger partial charge is 0.134 e. The lowest BCUT2D eigenvalue weighted by Gasteiger charge is -2.38. The Labute approximate surface area is 440 Å². The molecule has 12 aromatic carbocycles. The third-order valence-electron chi connectivity index (χ3n) is 14.9. The Hall–Kier alpha value is -9.52. The van der Waals surface area contributed by atoms with Crippen molar-refractivity contribution >= 4 is 43.1 Å². The molecule has 0 bridgehead atoms. The fourth-order valence-electron chi connectivity index (χ4n) is 11.1. The molecule has 0 fully saturated rings. The van der Waals surface area contributed by atoms with Crippen LogP contribution in [-0.4, -0.2) is 0 Å². The highest BCUT2D eigenvalue weighted by Crippen LogP contribution is 2.59. The average Bonchev–Trinajstić information content (AvgIpc) is 3.49. The van der Waals surface area contributed by atoms with Crippen LogP contribution in [0, 0.1) is 0 Å². The van der Waals surface area contributed by atoms with E-state index in [-0.39, 0.29) is 11.8 Å². The first-order valence-corrected chi connectivity index (χ1v) is 25.9. The van der Waals surface area contributed by atoms with E-state index >= 15 is 0 Å². The quantitative estimate of drug-likeness (QED) is 0.115. The highest BCUT2D eigenvalue weighted by atomic mass is 16.5. The monoisotopic (exact) mass is 986 g/mol. The number of ether oxygens (including phenoxy) is 6. The maximum absolute atomic E-state index is 6.98. The summed E-state index contributed by atoms with van der Waals surface area (Å²) in [6.07, 6.45) is 0. The molecule has 6 heteroatoms. The van der Waals surface area contributed by atoms with Gasteiger partial charge in [-0.3, -0.25) is 0 Å². The predicted octanol–water partition coefficient (Wildman–Crippen LogP) is 17.8. The molecular formula is C70H50O6. The van der Waals surface area contributed by atoms with Gasteiger partial charge in [0.2, 0.25) is 0 Å². The number of hydrogen-bond donors (Lipinski definition) is 0. The number of fused-ring (bicyclic) bond motifs is 8. The molecule has 0 saturated heterocycles. The molecule has 0 saturated carbocycles. The average molecular weight is 987 g/mol. The zero-order valence-electron chi connectivity index (χ0n) is 41.5. The molecule has 0 N–H and O–H groups in total. The second kappa shape index (κ2) is 19.4. The van der Waals surface area contributed by atoms with Crippen LogP contribution in [0.3, 0.4) is 0 Å². The topological polar surface area (TPSA) is 55.4 Å². The van der Waals surface area contributed by atoms with Gasteiger partial charge in [0.1, 0.15) is 72.4 Å². The summed E-state index contributed by atoms with van der Waals surface area (Å²) in [6, 6.07) is 84.5. The van der Waals surface area contributed by atoms with E-state index in [0.717, 1.165) is 67.5 Å². The van der Waals surface area contributed by atoms with Gasteiger partial charge in [-0.2, -0.15) is 0 Å². The summed E-state index contributed by atoms with van der Waals surface area (Å²) in [6.45, 7) is 1.64. The van der Waals surface area contributed by atoms with Crippen LogP contribution in [0.5, 0.6) is 46.0 Å². The van der Waals surface area contributed by atoms with Crippen molar-refractivity contribution in [2.75, 3.05) is 0 Å². The van der Waals surface area contributed by atoms with Crippen LogP contribution in [0.1, 0.15) is 56.3 Å². The Kier molecular flexibility index (Phi) is 11.5.